The van der Waals surface area contributed by atoms with Crippen LogP contribution < -0.4 is 0 Å². The second-order valence-electron chi connectivity index (χ2n) is 6.37. The summed E-state index contributed by atoms with van der Waals surface area (Å²) >= 11 is 0. The second kappa shape index (κ2) is 19.2. The molecule has 0 aliphatic rings. The molecule has 0 radical (unpaired) electrons. The van der Waals surface area contributed by atoms with Crippen LogP contribution >= 0.6 is 0 Å². The van der Waals surface area contributed by atoms with Crippen molar-refractivity contribution in [1.29, 1.82) is 0 Å². The summed E-state index contributed by atoms with van der Waals surface area (Å²) in [5.74, 6) is 0.169. The van der Waals surface area contributed by atoms with E-state index >= 15 is 0 Å². The summed E-state index contributed by atoms with van der Waals surface area (Å²) in [4.78, 5) is 0. The Morgan fingerprint density at radius 2 is 1.00 bits per heavy atom. The van der Waals surface area contributed by atoms with Gasteiger partial charge in [-0.05, 0) is 13.8 Å². The minimum Gasteiger partial charge on any atom is -0.357 e. The van der Waals surface area contributed by atoms with Gasteiger partial charge < -0.3 is 9.47 Å². The molecule has 0 amide bonds. The third-order valence-electron chi connectivity index (χ3n) is 4.25. The van der Waals surface area contributed by atoms with E-state index in [0.717, 1.165) is 13.2 Å². The van der Waals surface area contributed by atoms with E-state index in [1.165, 1.54) is 83.1 Å². The van der Waals surface area contributed by atoms with Gasteiger partial charge in [-0.3, -0.25) is 0 Å². The fourth-order valence-corrected chi connectivity index (χ4v) is 4.70. The Kier molecular flexibility index (Phi) is 19.3. The van der Waals surface area contributed by atoms with Gasteiger partial charge in [0, 0.05) is 13.2 Å². The molecule has 0 saturated heterocycles. The maximum absolute atomic E-state index is 5.63. The molecule has 0 atom stereocenters. The van der Waals surface area contributed by atoms with Crippen molar-refractivity contribution in [2.75, 3.05) is 13.2 Å². The molecular formula is C19H42O2Si. The average molecular weight is 331 g/mol. The number of ether oxygens (including phenoxy) is 2. The standard InChI is InChI=1S/C19H42O2Si/c1-4-7-8-9-10-11-12-13-14-15-16-17-18-22-19(20-5-2)21-6-3/h19H,4-18,22H2,1-3H3. The number of hydrogen-bond donors (Lipinski definition) is 0. The highest BCUT2D eigenvalue weighted by atomic mass is 28.2. The lowest BCUT2D eigenvalue weighted by Gasteiger charge is -2.16. The highest BCUT2D eigenvalue weighted by Crippen LogP contribution is 2.12. The summed E-state index contributed by atoms with van der Waals surface area (Å²) < 4.78 is 11.3. The summed E-state index contributed by atoms with van der Waals surface area (Å²) in [6, 6.07) is 1.38. The van der Waals surface area contributed by atoms with Gasteiger partial charge in [0.15, 0.2) is 0 Å². The van der Waals surface area contributed by atoms with Crippen molar-refractivity contribution >= 4 is 9.52 Å². The lowest BCUT2D eigenvalue weighted by atomic mass is 10.1. The molecule has 0 aliphatic carbocycles. The molecule has 0 aliphatic heterocycles. The third-order valence-corrected chi connectivity index (χ3v) is 6.10. The van der Waals surface area contributed by atoms with E-state index in [4.69, 9.17) is 9.47 Å². The van der Waals surface area contributed by atoms with Gasteiger partial charge in [0.2, 0.25) is 0 Å². The van der Waals surface area contributed by atoms with Crippen LogP contribution in [0.3, 0.4) is 0 Å². The minimum absolute atomic E-state index is 0.169. The normalized spacial score (nSPS) is 12.0. The van der Waals surface area contributed by atoms with Crippen LogP contribution in [0, 0.1) is 0 Å². The molecule has 3 heteroatoms. The van der Waals surface area contributed by atoms with Crippen molar-refractivity contribution in [2.45, 2.75) is 110 Å². The summed E-state index contributed by atoms with van der Waals surface area (Å²) in [6.45, 7) is 7.98. The van der Waals surface area contributed by atoms with Crippen molar-refractivity contribution in [1.82, 2.24) is 0 Å². The van der Waals surface area contributed by atoms with Crippen LogP contribution in [0.1, 0.15) is 97.8 Å². The molecular weight excluding hydrogens is 288 g/mol. The van der Waals surface area contributed by atoms with Crippen LogP contribution in [0.25, 0.3) is 0 Å². The molecule has 0 fully saturated rings. The van der Waals surface area contributed by atoms with E-state index in [0.29, 0.717) is 0 Å². The average Bonchev–Trinajstić information content (AvgIpc) is 2.52. The van der Waals surface area contributed by atoms with Crippen molar-refractivity contribution in [3.63, 3.8) is 0 Å². The zero-order valence-corrected chi connectivity index (χ0v) is 17.1. The van der Waals surface area contributed by atoms with Crippen LogP contribution in [0.4, 0.5) is 0 Å². The SMILES string of the molecule is CCCCCCCCCCCCCC[SiH2]C(OCC)OCC. The van der Waals surface area contributed by atoms with Crippen molar-refractivity contribution in [2.24, 2.45) is 0 Å². The zero-order valence-electron chi connectivity index (χ0n) is 15.7. The lowest BCUT2D eigenvalue weighted by Crippen LogP contribution is -2.24. The summed E-state index contributed by atoms with van der Waals surface area (Å²) in [5.41, 5.74) is 0. The van der Waals surface area contributed by atoms with Crippen molar-refractivity contribution < 1.29 is 9.47 Å². The van der Waals surface area contributed by atoms with E-state index in [9.17, 15) is 0 Å². The van der Waals surface area contributed by atoms with Gasteiger partial charge in [-0.2, -0.15) is 0 Å². The molecule has 22 heavy (non-hydrogen) atoms. The summed E-state index contributed by atoms with van der Waals surface area (Å²) in [7, 11) is -0.199. The molecule has 0 spiro atoms. The zero-order chi connectivity index (χ0) is 16.3. The van der Waals surface area contributed by atoms with Crippen LogP contribution in [0.15, 0.2) is 0 Å². The molecule has 134 valence electrons. The maximum Gasteiger partial charge on any atom is 0.134 e. The van der Waals surface area contributed by atoms with Crippen LogP contribution in [-0.2, 0) is 9.47 Å². The minimum atomic E-state index is -0.199. The van der Waals surface area contributed by atoms with E-state index in [2.05, 4.69) is 20.8 Å². The fourth-order valence-electron chi connectivity index (χ4n) is 2.92. The van der Waals surface area contributed by atoms with E-state index < -0.39 is 0 Å². The molecule has 0 aromatic carbocycles. The number of rotatable bonds is 18. The van der Waals surface area contributed by atoms with Gasteiger partial charge in [0.25, 0.3) is 0 Å². The first-order valence-corrected chi connectivity index (χ1v) is 11.9. The first-order chi connectivity index (χ1) is 10.8. The van der Waals surface area contributed by atoms with E-state index in [1.807, 2.05) is 0 Å². The Balaban J connectivity index is 3.16. The number of hydrogen-bond acceptors (Lipinski definition) is 2. The topological polar surface area (TPSA) is 18.5 Å². The molecule has 0 heterocycles. The Hall–Kier alpha value is 0.137. The number of unbranched alkanes of at least 4 members (excludes halogenated alkanes) is 11. The van der Waals surface area contributed by atoms with E-state index in [1.54, 1.807) is 0 Å². The Morgan fingerprint density at radius 3 is 1.41 bits per heavy atom. The monoisotopic (exact) mass is 330 g/mol. The predicted octanol–water partition coefficient (Wildman–Crippen LogP) is 5.63. The maximum atomic E-state index is 5.63. The second-order valence-corrected chi connectivity index (χ2v) is 8.32. The predicted molar refractivity (Wildman–Crippen MR) is 101 cm³/mol. The van der Waals surface area contributed by atoms with Crippen LogP contribution in [0.5, 0.6) is 0 Å². The van der Waals surface area contributed by atoms with Gasteiger partial charge in [-0.25, -0.2) is 0 Å². The Morgan fingerprint density at radius 1 is 0.591 bits per heavy atom. The Labute approximate surface area is 142 Å². The molecule has 0 aromatic heterocycles. The smallest absolute Gasteiger partial charge is 0.134 e. The Bertz CT molecular complexity index is 194. The molecule has 0 rings (SSSR count). The van der Waals surface area contributed by atoms with Gasteiger partial charge in [0.05, 0.1) is 9.52 Å². The lowest BCUT2D eigenvalue weighted by molar-refractivity contribution is -0.0827. The van der Waals surface area contributed by atoms with Crippen molar-refractivity contribution in [3.05, 3.63) is 0 Å². The van der Waals surface area contributed by atoms with E-state index in [-0.39, 0.29) is 15.4 Å². The first-order valence-electron chi connectivity index (χ1n) is 10.1. The largest absolute Gasteiger partial charge is 0.357 e. The van der Waals surface area contributed by atoms with Crippen LogP contribution in [0.2, 0.25) is 6.04 Å². The molecule has 0 bridgehead atoms. The fraction of sp³-hybridized carbons (Fsp3) is 1.00. The molecule has 0 N–H and O–H groups in total. The van der Waals surface area contributed by atoms with Crippen LogP contribution in [-0.4, -0.2) is 28.6 Å². The molecule has 0 aromatic rings. The highest BCUT2D eigenvalue weighted by Gasteiger charge is 2.07. The molecule has 2 nitrogen and oxygen atoms in total. The summed E-state index contributed by atoms with van der Waals surface area (Å²) in [5, 5.41) is 0. The molecule has 0 unspecified atom stereocenters. The molecule has 0 saturated carbocycles. The first kappa shape index (κ1) is 22.1. The van der Waals surface area contributed by atoms with Gasteiger partial charge >= 0.3 is 0 Å². The van der Waals surface area contributed by atoms with Gasteiger partial charge in [0.1, 0.15) is 5.91 Å². The summed E-state index contributed by atoms with van der Waals surface area (Å²) in [6.07, 6.45) is 17.2. The van der Waals surface area contributed by atoms with Gasteiger partial charge in [-0.15, -0.1) is 0 Å². The van der Waals surface area contributed by atoms with Crippen molar-refractivity contribution in [3.8, 4) is 0 Å². The quantitative estimate of drug-likeness (QED) is 0.184. The highest BCUT2D eigenvalue weighted by molar-refractivity contribution is 6.36. The van der Waals surface area contributed by atoms with Gasteiger partial charge in [-0.1, -0.05) is 90.0 Å². The third kappa shape index (κ3) is 16.5.